The van der Waals surface area contributed by atoms with Gasteiger partial charge in [0.05, 0.1) is 34.0 Å². The Morgan fingerprint density at radius 1 is 1.24 bits per heavy atom. The van der Waals surface area contributed by atoms with Crippen molar-refractivity contribution >= 4 is 34.5 Å². The molecule has 4 aromatic rings. The molecule has 5 heterocycles. The third-order valence-electron chi connectivity index (χ3n) is 5.64. The summed E-state index contributed by atoms with van der Waals surface area (Å²) in [7, 11) is 0. The van der Waals surface area contributed by atoms with Crippen LogP contribution < -0.4 is 5.32 Å². The van der Waals surface area contributed by atoms with Gasteiger partial charge in [0.25, 0.3) is 12.4 Å². The largest absolute Gasteiger partial charge is 0.483 e. The summed E-state index contributed by atoms with van der Waals surface area (Å²) in [4.78, 5) is 18.6. The van der Waals surface area contributed by atoms with Gasteiger partial charge in [0.15, 0.2) is 5.65 Å². The number of fused-ring (bicyclic) bond motifs is 1. The Hall–Kier alpha value is -3.38. The first-order valence-electron chi connectivity index (χ1n) is 11.1. The molecule has 0 unspecified atom stereocenters. The lowest BCUT2D eigenvalue weighted by molar-refractivity contribution is -0.122. The molecule has 1 fully saturated rings. The monoisotopic (exact) mass is 485 g/mol. The number of hydrogen-bond acceptors (Lipinski definition) is 10. The smallest absolute Gasteiger partial charge is 0.290 e. The number of thiazole rings is 1. The van der Waals surface area contributed by atoms with Gasteiger partial charge in [-0.25, -0.2) is 14.6 Å². The van der Waals surface area contributed by atoms with E-state index in [0.29, 0.717) is 24.2 Å². The van der Waals surface area contributed by atoms with Gasteiger partial charge in [-0.3, -0.25) is 4.79 Å². The Morgan fingerprint density at radius 3 is 2.74 bits per heavy atom. The van der Waals surface area contributed by atoms with Gasteiger partial charge in [0, 0.05) is 43.3 Å². The lowest BCUT2D eigenvalue weighted by atomic mass is 10.1. The molecule has 0 aromatic carbocycles. The fourth-order valence-corrected chi connectivity index (χ4v) is 4.65. The lowest BCUT2D eigenvalue weighted by Gasteiger charge is -2.25. The number of carboxylic acid groups (broad SMARTS) is 1. The summed E-state index contributed by atoms with van der Waals surface area (Å²) in [6.45, 7) is 6.11. The van der Waals surface area contributed by atoms with E-state index < -0.39 is 0 Å². The van der Waals surface area contributed by atoms with E-state index in [2.05, 4.69) is 37.5 Å². The summed E-state index contributed by atoms with van der Waals surface area (Å²) in [5, 5.41) is 24.7. The van der Waals surface area contributed by atoms with Gasteiger partial charge in [-0.2, -0.15) is 5.10 Å². The minimum Gasteiger partial charge on any atom is -0.483 e. The number of nitrogens with zero attached hydrogens (tertiary/aromatic N) is 6. The van der Waals surface area contributed by atoms with E-state index in [1.54, 1.807) is 11.3 Å². The molecule has 2 N–H and O–H groups in total. The Labute approximate surface area is 200 Å². The highest BCUT2D eigenvalue weighted by molar-refractivity contribution is 7.09. The standard InChI is InChI=1S/C21H25N7O2S.CH2O2/c1-3-28-20-15(11-24-28)19(25-14-6-8-29-9-7-14)16(10-22-20)21-27-26-18(30-21)5-4-17-13(2)23-12-31-17;2-1-3/h10-12,14H,3-9H2,1-2H3,(H,22,25);1H,(H,2,3). The average molecular weight is 486 g/mol. The van der Waals surface area contributed by atoms with Crippen molar-refractivity contribution in [3.05, 3.63) is 34.4 Å². The van der Waals surface area contributed by atoms with Crippen LogP contribution in [-0.2, 0) is 28.9 Å². The van der Waals surface area contributed by atoms with Gasteiger partial charge in [0.2, 0.25) is 5.89 Å². The predicted octanol–water partition coefficient (Wildman–Crippen LogP) is 3.34. The van der Waals surface area contributed by atoms with Gasteiger partial charge < -0.3 is 19.6 Å². The van der Waals surface area contributed by atoms with Crippen molar-refractivity contribution < 1.29 is 19.1 Å². The minimum atomic E-state index is -0.250. The summed E-state index contributed by atoms with van der Waals surface area (Å²) in [5.41, 5.74) is 5.54. The Morgan fingerprint density at radius 2 is 2.03 bits per heavy atom. The molecule has 1 aliphatic heterocycles. The zero-order valence-corrected chi connectivity index (χ0v) is 19.9. The zero-order chi connectivity index (χ0) is 23.9. The molecule has 12 heteroatoms. The van der Waals surface area contributed by atoms with Gasteiger partial charge in [0.1, 0.15) is 0 Å². The number of carbonyl (C=O) groups is 1. The maximum atomic E-state index is 8.36. The summed E-state index contributed by atoms with van der Waals surface area (Å²) in [5.74, 6) is 1.09. The highest BCUT2D eigenvalue weighted by Gasteiger charge is 2.22. The minimum absolute atomic E-state index is 0.250. The number of pyridine rings is 1. The second-order valence-electron chi connectivity index (χ2n) is 7.74. The number of ether oxygens (including phenoxy) is 1. The molecule has 0 aliphatic carbocycles. The van der Waals surface area contributed by atoms with Crippen LogP contribution in [0.15, 0.2) is 22.3 Å². The number of hydrogen-bond donors (Lipinski definition) is 2. The number of rotatable bonds is 7. The molecule has 34 heavy (non-hydrogen) atoms. The van der Waals surface area contributed by atoms with E-state index in [1.165, 1.54) is 4.88 Å². The van der Waals surface area contributed by atoms with Crippen molar-refractivity contribution in [1.82, 2.24) is 29.9 Å². The van der Waals surface area contributed by atoms with Crippen molar-refractivity contribution in [3.63, 3.8) is 0 Å². The van der Waals surface area contributed by atoms with E-state index >= 15 is 0 Å². The van der Waals surface area contributed by atoms with Crippen molar-refractivity contribution in [2.45, 2.75) is 52.1 Å². The van der Waals surface area contributed by atoms with Gasteiger partial charge in [-0.05, 0) is 33.1 Å². The van der Waals surface area contributed by atoms with Crippen LogP contribution in [0.4, 0.5) is 5.69 Å². The Kier molecular flexibility index (Phi) is 7.80. The summed E-state index contributed by atoms with van der Waals surface area (Å²) in [6, 6.07) is 0.319. The highest BCUT2D eigenvalue weighted by Crippen LogP contribution is 2.34. The number of aryl methyl sites for hydroxylation is 4. The second kappa shape index (κ2) is 11.2. The molecule has 0 bridgehead atoms. The van der Waals surface area contributed by atoms with E-state index in [-0.39, 0.29) is 6.47 Å². The summed E-state index contributed by atoms with van der Waals surface area (Å²) < 4.78 is 13.5. The number of anilines is 1. The maximum absolute atomic E-state index is 8.36. The van der Waals surface area contributed by atoms with Crippen LogP contribution in [0, 0.1) is 6.92 Å². The molecule has 11 nitrogen and oxygen atoms in total. The van der Waals surface area contributed by atoms with Crippen LogP contribution in [0.3, 0.4) is 0 Å². The fourth-order valence-electron chi connectivity index (χ4n) is 3.87. The first-order chi connectivity index (χ1) is 16.6. The molecule has 0 spiro atoms. The molecule has 0 atom stereocenters. The first-order valence-corrected chi connectivity index (χ1v) is 12.0. The third-order valence-corrected chi connectivity index (χ3v) is 6.64. The normalized spacial score (nSPS) is 14.1. The zero-order valence-electron chi connectivity index (χ0n) is 19.1. The van der Waals surface area contributed by atoms with Gasteiger partial charge in [-0.1, -0.05) is 0 Å². The van der Waals surface area contributed by atoms with Crippen LogP contribution >= 0.6 is 11.3 Å². The van der Waals surface area contributed by atoms with Crippen LogP contribution in [0.5, 0.6) is 0 Å². The quantitative estimate of drug-likeness (QED) is 0.374. The molecule has 1 aliphatic rings. The SMILES string of the molecule is CCn1ncc2c(NC3CCOCC3)c(-c3nnc(CCc4scnc4C)o3)cnc21.O=CO. The Bertz CT molecular complexity index is 1230. The molecule has 0 amide bonds. The predicted molar refractivity (Wildman–Crippen MR) is 127 cm³/mol. The third kappa shape index (κ3) is 5.23. The molecular weight excluding hydrogens is 458 g/mol. The van der Waals surface area contributed by atoms with Crippen molar-refractivity contribution in [3.8, 4) is 11.5 Å². The average Bonchev–Trinajstić information content (AvgIpc) is 3.59. The number of nitrogens with one attached hydrogen (secondary N) is 1. The fraction of sp³-hybridized carbons (Fsp3) is 0.455. The second-order valence-corrected chi connectivity index (χ2v) is 8.68. The van der Waals surface area contributed by atoms with Crippen LogP contribution in [0.1, 0.15) is 36.2 Å². The molecule has 5 rings (SSSR count). The molecular formula is C22H27N7O4S. The highest BCUT2D eigenvalue weighted by atomic mass is 32.1. The van der Waals surface area contributed by atoms with Gasteiger partial charge >= 0.3 is 0 Å². The van der Waals surface area contributed by atoms with Crippen LogP contribution in [0.25, 0.3) is 22.5 Å². The van der Waals surface area contributed by atoms with Crippen molar-refractivity contribution in [1.29, 1.82) is 0 Å². The van der Waals surface area contributed by atoms with E-state index in [9.17, 15) is 0 Å². The molecule has 1 saturated heterocycles. The van der Waals surface area contributed by atoms with E-state index in [1.807, 2.05) is 29.5 Å². The maximum Gasteiger partial charge on any atom is 0.290 e. The summed E-state index contributed by atoms with van der Waals surface area (Å²) in [6.07, 6.45) is 7.10. The first kappa shape index (κ1) is 23.8. The summed E-state index contributed by atoms with van der Waals surface area (Å²) >= 11 is 1.66. The van der Waals surface area contributed by atoms with Crippen LogP contribution in [-0.4, -0.2) is 60.8 Å². The van der Waals surface area contributed by atoms with Crippen molar-refractivity contribution in [2.75, 3.05) is 18.5 Å². The molecule has 4 aromatic heterocycles. The van der Waals surface area contributed by atoms with Crippen molar-refractivity contribution in [2.24, 2.45) is 0 Å². The number of aromatic nitrogens is 6. The lowest BCUT2D eigenvalue weighted by Crippen LogP contribution is -2.28. The van der Waals surface area contributed by atoms with Gasteiger partial charge in [-0.15, -0.1) is 21.5 Å². The molecule has 0 radical (unpaired) electrons. The van der Waals surface area contributed by atoms with Crippen LogP contribution in [0.2, 0.25) is 0 Å². The van der Waals surface area contributed by atoms with E-state index in [4.69, 9.17) is 19.1 Å². The topological polar surface area (TPSA) is 141 Å². The Balaban J connectivity index is 0.000000868. The molecule has 0 saturated carbocycles. The van der Waals surface area contributed by atoms with E-state index in [0.717, 1.165) is 67.0 Å². The molecule has 180 valence electrons.